The fourth-order valence-electron chi connectivity index (χ4n) is 1.73. The van der Waals surface area contributed by atoms with Gasteiger partial charge in [-0.1, -0.05) is 23.7 Å². The van der Waals surface area contributed by atoms with E-state index in [4.69, 9.17) is 25.8 Å². The molecule has 0 spiro atoms. The summed E-state index contributed by atoms with van der Waals surface area (Å²) in [6.07, 6.45) is 2.99. The van der Waals surface area contributed by atoms with E-state index < -0.39 is 5.97 Å². The van der Waals surface area contributed by atoms with Crippen molar-refractivity contribution in [2.24, 2.45) is 0 Å². The molecule has 0 amide bonds. The Bertz CT molecular complexity index is 655. The minimum atomic E-state index is -0.495. The predicted molar refractivity (Wildman–Crippen MR) is 85.7 cm³/mol. The van der Waals surface area contributed by atoms with Gasteiger partial charge in [0.15, 0.2) is 0 Å². The highest BCUT2D eigenvalue weighted by atomic mass is 35.5. The molecule has 2 rings (SSSR count). The van der Waals surface area contributed by atoms with E-state index in [1.54, 1.807) is 48.5 Å². The number of hydrogen-bond acceptors (Lipinski definition) is 4. The summed E-state index contributed by atoms with van der Waals surface area (Å²) in [4.78, 5) is 11.8. The number of rotatable bonds is 5. The molecule has 0 bridgehead atoms. The highest BCUT2D eigenvalue weighted by Crippen LogP contribution is 2.27. The first-order valence-electron chi connectivity index (χ1n) is 6.49. The van der Waals surface area contributed by atoms with Crippen LogP contribution in [0.3, 0.4) is 0 Å². The maximum atomic E-state index is 11.8. The molecular weight excluding hydrogens is 304 g/mol. The summed E-state index contributed by atoms with van der Waals surface area (Å²) in [7, 11) is 3.06. The van der Waals surface area contributed by atoms with Crippen LogP contribution >= 0.6 is 11.6 Å². The summed E-state index contributed by atoms with van der Waals surface area (Å²) in [5.74, 6) is 0.944. The molecule has 0 fully saturated rings. The Morgan fingerprint density at radius 3 is 2.05 bits per heavy atom. The zero-order chi connectivity index (χ0) is 15.9. The van der Waals surface area contributed by atoms with E-state index in [1.807, 2.05) is 0 Å². The molecule has 2 aromatic carbocycles. The van der Waals surface area contributed by atoms with Crippen molar-refractivity contribution >= 4 is 23.6 Å². The molecule has 4 nitrogen and oxygen atoms in total. The van der Waals surface area contributed by atoms with E-state index in [2.05, 4.69) is 0 Å². The Kier molecular flexibility index (Phi) is 5.44. The van der Waals surface area contributed by atoms with Crippen LogP contribution in [0, 0.1) is 0 Å². The largest absolute Gasteiger partial charge is 0.496 e. The van der Waals surface area contributed by atoms with Crippen LogP contribution in [0.25, 0.3) is 6.08 Å². The highest BCUT2D eigenvalue weighted by molar-refractivity contribution is 6.30. The van der Waals surface area contributed by atoms with Crippen LogP contribution in [0.5, 0.6) is 17.2 Å². The molecule has 0 heterocycles. The number of benzene rings is 2. The molecule has 0 aliphatic carbocycles. The number of halogens is 1. The standard InChI is InChI=1S/C17H15ClO4/c1-20-14-9-15(21-2)11-16(10-14)22-17(19)8-5-12-3-6-13(18)7-4-12/h3-11H,1-2H3/b8-5+. The maximum absolute atomic E-state index is 11.8. The number of ether oxygens (including phenoxy) is 3. The van der Waals surface area contributed by atoms with Crippen LogP contribution in [0.4, 0.5) is 0 Å². The van der Waals surface area contributed by atoms with Gasteiger partial charge in [0.2, 0.25) is 0 Å². The zero-order valence-corrected chi connectivity index (χ0v) is 13.0. The van der Waals surface area contributed by atoms with Crippen LogP contribution in [0.2, 0.25) is 5.02 Å². The third kappa shape index (κ3) is 4.53. The van der Waals surface area contributed by atoms with Crippen molar-refractivity contribution in [1.29, 1.82) is 0 Å². The average molecular weight is 319 g/mol. The quantitative estimate of drug-likeness (QED) is 0.475. The SMILES string of the molecule is COc1cc(OC)cc(OC(=O)/C=C/c2ccc(Cl)cc2)c1. The van der Waals surface area contributed by atoms with E-state index >= 15 is 0 Å². The van der Waals surface area contributed by atoms with Gasteiger partial charge in [-0.3, -0.25) is 0 Å². The molecule has 0 N–H and O–H groups in total. The summed E-state index contributed by atoms with van der Waals surface area (Å²) < 4.78 is 15.5. The Morgan fingerprint density at radius 2 is 1.50 bits per heavy atom. The molecule has 0 radical (unpaired) electrons. The van der Waals surface area contributed by atoms with Crippen LogP contribution in [-0.2, 0) is 4.79 Å². The van der Waals surface area contributed by atoms with Gasteiger partial charge in [-0.05, 0) is 23.8 Å². The van der Waals surface area contributed by atoms with Crippen molar-refractivity contribution in [3.63, 3.8) is 0 Å². The molecule has 2 aromatic rings. The second kappa shape index (κ2) is 7.52. The number of carbonyl (C=O) groups is 1. The number of methoxy groups -OCH3 is 2. The van der Waals surface area contributed by atoms with Crippen molar-refractivity contribution in [3.8, 4) is 17.2 Å². The van der Waals surface area contributed by atoms with Gasteiger partial charge in [0, 0.05) is 29.3 Å². The lowest BCUT2D eigenvalue weighted by atomic mass is 10.2. The first-order chi connectivity index (χ1) is 10.6. The zero-order valence-electron chi connectivity index (χ0n) is 12.2. The number of esters is 1. The molecule has 0 atom stereocenters. The monoisotopic (exact) mass is 318 g/mol. The topological polar surface area (TPSA) is 44.8 Å². The number of hydrogen-bond donors (Lipinski definition) is 0. The molecule has 5 heteroatoms. The minimum absolute atomic E-state index is 0.349. The fourth-order valence-corrected chi connectivity index (χ4v) is 1.85. The van der Waals surface area contributed by atoms with E-state index in [0.29, 0.717) is 22.3 Å². The first-order valence-corrected chi connectivity index (χ1v) is 6.87. The summed E-state index contributed by atoms with van der Waals surface area (Å²) in [6.45, 7) is 0. The summed E-state index contributed by atoms with van der Waals surface area (Å²) >= 11 is 5.80. The predicted octanol–water partition coefficient (Wildman–Crippen LogP) is 3.98. The van der Waals surface area contributed by atoms with Crippen molar-refractivity contribution in [2.75, 3.05) is 14.2 Å². The first kappa shape index (κ1) is 15.9. The lowest BCUT2D eigenvalue weighted by Crippen LogP contribution is -2.04. The van der Waals surface area contributed by atoms with Crippen LogP contribution in [-0.4, -0.2) is 20.2 Å². The fraction of sp³-hybridized carbons (Fsp3) is 0.118. The molecule has 0 aliphatic rings. The van der Waals surface area contributed by atoms with Crippen molar-refractivity contribution in [1.82, 2.24) is 0 Å². The van der Waals surface area contributed by atoms with E-state index in [9.17, 15) is 4.79 Å². The molecule has 0 saturated heterocycles. The molecule has 0 aliphatic heterocycles. The average Bonchev–Trinajstić information content (AvgIpc) is 2.54. The Hall–Kier alpha value is -2.46. The molecule has 0 unspecified atom stereocenters. The summed E-state index contributed by atoms with van der Waals surface area (Å²) in [5, 5.41) is 0.642. The second-order valence-corrected chi connectivity index (χ2v) is 4.79. The maximum Gasteiger partial charge on any atom is 0.336 e. The van der Waals surface area contributed by atoms with E-state index in [-0.39, 0.29) is 0 Å². The smallest absolute Gasteiger partial charge is 0.336 e. The second-order valence-electron chi connectivity index (χ2n) is 4.35. The van der Waals surface area contributed by atoms with Crippen LogP contribution in [0.15, 0.2) is 48.5 Å². The highest BCUT2D eigenvalue weighted by Gasteiger charge is 2.06. The Balaban J connectivity index is 2.06. The van der Waals surface area contributed by atoms with Gasteiger partial charge in [-0.15, -0.1) is 0 Å². The molecule has 114 valence electrons. The number of carbonyl (C=O) groups excluding carboxylic acids is 1. The van der Waals surface area contributed by atoms with Gasteiger partial charge in [0.1, 0.15) is 17.2 Å². The van der Waals surface area contributed by atoms with Crippen LogP contribution < -0.4 is 14.2 Å². The normalized spacial score (nSPS) is 10.5. The molecule has 22 heavy (non-hydrogen) atoms. The molecule has 0 saturated carbocycles. The molecule has 0 aromatic heterocycles. The third-order valence-electron chi connectivity index (χ3n) is 2.83. The van der Waals surface area contributed by atoms with Crippen molar-refractivity contribution in [3.05, 3.63) is 59.1 Å². The summed E-state index contributed by atoms with van der Waals surface area (Å²) in [5.41, 5.74) is 0.851. The van der Waals surface area contributed by atoms with Gasteiger partial charge in [0.05, 0.1) is 14.2 Å². The Labute approximate surface area is 133 Å². The van der Waals surface area contributed by atoms with Gasteiger partial charge in [0.25, 0.3) is 0 Å². The van der Waals surface area contributed by atoms with E-state index in [0.717, 1.165) is 5.56 Å². The Morgan fingerprint density at radius 1 is 0.955 bits per heavy atom. The van der Waals surface area contributed by atoms with Gasteiger partial charge in [-0.25, -0.2) is 4.79 Å². The van der Waals surface area contributed by atoms with Crippen LogP contribution in [0.1, 0.15) is 5.56 Å². The molecular formula is C17H15ClO4. The van der Waals surface area contributed by atoms with Gasteiger partial charge >= 0.3 is 5.97 Å². The third-order valence-corrected chi connectivity index (χ3v) is 3.08. The lowest BCUT2D eigenvalue weighted by Gasteiger charge is -2.07. The van der Waals surface area contributed by atoms with Gasteiger partial charge < -0.3 is 14.2 Å². The lowest BCUT2D eigenvalue weighted by molar-refractivity contribution is -0.128. The van der Waals surface area contributed by atoms with Gasteiger partial charge in [-0.2, -0.15) is 0 Å². The van der Waals surface area contributed by atoms with Crippen molar-refractivity contribution in [2.45, 2.75) is 0 Å². The summed E-state index contributed by atoms with van der Waals surface area (Å²) in [6, 6.07) is 12.0. The van der Waals surface area contributed by atoms with E-state index in [1.165, 1.54) is 20.3 Å². The van der Waals surface area contributed by atoms with Crippen molar-refractivity contribution < 1.29 is 19.0 Å². The minimum Gasteiger partial charge on any atom is -0.496 e.